The predicted molar refractivity (Wildman–Crippen MR) is 66.5 cm³/mol. The summed E-state index contributed by atoms with van der Waals surface area (Å²) < 4.78 is 0. The number of allylic oxidation sites excluding steroid dienone is 4. The van der Waals surface area contributed by atoms with Crippen molar-refractivity contribution >= 4 is 6.21 Å². The summed E-state index contributed by atoms with van der Waals surface area (Å²) in [5.41, 5.74) is 2.70. The summed E-state index contributed by atoms with van der Waals surface area (Å²) in [7, 11) is 0. The first-order chi connectivity index (χ1) is 7.06. The molecular weight excluding hydrogens is 186 g/mol. The smallest absolute Gasteiger partial charge is 0.0660 e. The van der Waals surface area contributed by atoms with E-state index < -0.39 is 0 Å². The third kappa shape index (κ3) is 9.26. The van der Waals surface area contributed by atoms with Crippen molar-refractivity contribution in [1.29, 1.82) is 0 Å². The van der Waals surface area contributed by atoms with E-state index in [2.05, 4.69) is 32.0 Å². The summed E-state index contributed by atoms with van der Waals surface area (Å²) in [6, 6.07) is 0. The van der Waals surface area contributed by atoms with Crippen molar-refractivity contribution in [3.8, 4) is 0 Å². The predicted octanol–water partition coefficient (Wildman–Crippen LogP) is 4.17. The van der Waals surface area contributed by atoms with Gasteiger partial charge in [0.2, 0.25) is 0 Å². The highest BCUT2D eigenvalue weighted by Gasteiger charge is 1.95. The minimum absolute atomic E-state index is 0.736. The highest BCUT2D eigenvalue weighted by molar-refractivity contribution is 5.71. The minimum Gasteiger partial charge on any atom is -0.411 e. The zero-order chi connectivity index (χ0) is 11.7. The second-order valence-corrected chi connectivity index (χ2v) is 4.46. The quantitative estimate of drug-likeness (QED) is 0.303. The van der Waals surface area contributed by atoms with Gasteiger partial charge in [0.15, 0.2) is 0 Å². The molecule has 2 nitrogen and oxygen atoms in total. The van der Waals surface area contributed by atoms with E-state index in [1.54, 1.807) is 0 Å². The first-order valence-corrected chi connectivity index (χ1v) is 5.55. The van der Waals surface area contributed by atoms with Crippen molar-refractivity contribution in [3.05, 3.63) is 23.3 Å². The SMILES string of the molecule is CC(=CC=NO)CCC=C(C)CC(C)C. The average Bonchev–Trinajstić information content (AvgIpc) is 2.13. The van der Waals surface area contributed by atoms with Gasteiger partial charge in [-0.1, -0.05) is 36.2 Å². The van der Waals surface area contributed by atoms with Gasteiger partial charge in [-0.3, -0.25) is 0 Å². The third-order valence-electron chi connectivity index (χ3n) is 2.19. The Morgan fingerprint density at radius 2 is 1.93 bits per heavy atom. The van der Waals surface area contributed by atoms with E-state index in [4.69, 9.17) is 5.21 Å². The molecule has 0 aromatic heterocycles. The maximum atomic E-state index is 8.24. The van der Waals surface area contributed by atoms with Crippen LogP contribution < -0.4 is 0 Å². The fourth-order valence-electron chi connectivity index (χ4n) is 1.52. The zero-order valence-electron chi connectivity index (χ0n) is 10.3. The second kappa shape index (κ2) is 8.27. The first kappa shape index (κ1) is 13.9. The minimum atomic E-state index is 0.736. The van der Waals surface area contributed by atoms with Crippen molar-refractivity contribution < 1.29 is 5.21 Å². The van der Waals surface area contributed by atoms with Gasteiger partial charge in [0.05, 0.1) is 6.21 Å². The molecule has 0 saturated carbocycles. The first-order valence-electron chi connectivity index (χ1n) is 5.55. The second-order valence-electron chi connectivity index (χ2n) is 4.46. The molecule has 15 heavy (non-hydrogen) atoms. The van der Waals surface area contributed by atoms with Gasteiger partial charge in [-0.25, -0.2) is 0 Å². The lowest BCUT2D eigenvalue weighted by Crippen LogP contribution is -1.88. The number of rotatable bonds is 6. The van der Waals surface area contributed by atoms with Gasteiger partial charge < -0.3 is 5.21 Å². The van der Waals surface area contributed by atoms with Crippen molar-refractivity contribution in [2.75, 3.05) is 0 Å². The van der Waals surface area contributed by atoms with Gasteiger partial charge in [-0.2, -0.15) is 0 Å². The van der Waals surface area contributed by atoms with E-state index in [9.17, 15) is 0 Å². The van der Waals surface area contributed by atoms with Crippen LogP contribution in [0, 0.1) is 5.92 Å². The Balaban J connectivity index is 3.86. The molecule has 0 amide bonds. The summed E-state index contributed by atoms with van der Waals surface area (Å²) in [4.78, 5) is 0. The summed E-state index contributed by atoms with van der Waals surface area (Å²) in [6.07, 6.45) is 8.83. The van der Waals surface area contributed by atoms with E-state index >= 15 is 0 Å². The largest absolute Gasteiger partial charge is 0.411 e. The van der Waals surface area contributed by atoms with Crippen molar-refractivity contribution in [3.63, 3.8) is 0 Å². The van der Waals surface area contributed by atoms with Crippen LogP contribution in [0.4, 0.5) is 0 Å². The van der Waals surface area contributed by atoms with Gasteiger partial charge in [0.1, 0.15) is 0 Å². The van der Waals surface area contributed by atoms with Crippen LogP contribution in [0.1, 0.15) is 47.0 Å². The highest BCUT2D eigenvalue weighted by atomic mass is 16.4. The van der Waals surface area contributed by atoms with Gasteiger partial charge in [0.25, 0.3) is 0 Å². The van der Waals surface area contributed by atoms with Crippen LogP contribution in [0.15, 0.2) is 28.5 Å². The monoisotopic (exact) mass is 209 g/mol. The Morgan fingerprint density at radius 1 is 1.27 bits per heavy atom. The molecule has 0 heterocycles. The fraction of sp³-hybridized carbons (Fsp3) is 0.615. The molecule has 1 N–H and O–H groups in total. The van der Waals surface area contributed by atoms with Crippen molar-refractivity contribution in [1.82, 2.24) is 0 Å². The molecule has 0 unspecified atom stereocenters. The molecule has 0 bridgehead atoms. The molecule has 0 aromatic carbocycles. The molecule has 0 spiro atoms. The van der Waals surface area contributed by atoms with Crippen LogP contribution in [0.2, 0.25) is 0 Å². The molecule has 0 atom stereocenters. The van der Waals surface area contributed by atoms with Crippen LogP contribution >= 0.6 is 0 Å². The van der Waals surface area contributed by atoms with Gasteiger partial charge in [0, 0.05) is 0 Å². The van der Waals surface area contributed by atoms with Crippen molar-refractivity contribution in [2.45, 2.75) is 47.0 Å². The molecule has 0 rings (SSSR count). The lowest BCUT2D eigenvalue weighted by molar-refractivity contribution is 0.322. The van der Waals surface area contributed by atoms with Crippen LogP contribution in [-0.2, 0) is 0 Å². The van der Waals surface area contributed by atoms with Gasteiger partial charge in [-0.05, 0) is 45.1 Å². The van der Waals surface area contributed by atoms with E-state index in [0.29, 0.717) is 0 Å². The summed E-state index contributed by atoms with van der Waals surface area (Å²) in [5, 5.41) is 11.2. The fourth-order valence-corrected chi connectivity index (χ4v) is 1.52. The van der Waals surface area contributed by atoms with E-state index in [-0.39, 0.29) is 0 Å². The van der Waals surface area contributed by atoms with E-state index in [1.807, 2.05) is 13.0 Å². The normalized spacial score (nSPS) is 14.2. The molecule has 0 aliphatic heterocycles. The lowest BCUT2D eigenvalue weighted by Gasteiger charge is -2.04. The standard InChI is InChI=1S/C13H23NO/c1-11(2)10-13(4)7-5-6-12(3)8-9-14-15/h7-9,11,15H,5-6,10H2,1-4H3. The van der Waals surface area contributed by atoms with E-state index in [1.165, 1.54) is 23.8 Å². The maximum absolute atomic E-state index is 8.24. The number of oxime groups is 1. The third-order valence-corrected chi connectivity index (χ3v) is 2.19. The molecule has 0 aromatic rings. The Hall–Kier alpha value is -1.05. The topological polar surface area (TPSA) is 32.6 Å². The Bertz CT molecular complexity index is 249. The van der Waals surface area contributed by atoms with Crippen molar-refractivity contribution in [2.24, 2.45) is 11.1 Å². The van der Waals surface area contributed by atoms with Gasteiger partial charge in [-0.15, -0.1) is 0 Å². The molecule has 86 valence electrons. The number of hydrogen-bond acceptors (Lipinski definition) is 2. The van der Waals surface area contributed by atoms with Crippen LogP contribution in [0.5, 0.6) is 0 Å². The van der Waals surface area contributed by atoms with E-state index in [0.717, 1.165) is 18.8 Å². The molecule has 2 heteroatoms. The molecule has 0 saturated heterocycles. The van der Waals surface area contributed by atoms with Crippen LogP contribution in [0.3, 0.4) is 0 Å². The summed E-state index contributed by atoms with van der Waals surface area (Å²) in [6.45, 7) is 8.71. The Morgan fingerprint density at radius 3 is 2.47 bits per heavy atom. The van der Waals surface area contributed by atoms with Crippen LogP contribution in [0.25, 0.3) is 0 Å². The molecule has 0 aliphatic rings. The number of hydrogen-bond donors (Lipinski definition) is 1. The highest BCUT2D eigenvalue weighted by Crippen LogP contribution is 2.12. The summed E-state index contributed by atoms with van der Waals surface area (Å²) >= 11 is 0. The Labute approximate surface area is 93.4 Å². The maximum Gasteiger partial charge on any atom is 0.0660 e. The molecular formula is C13H23NO. The molecule has 0 fully saturated rings. The lowest BCUT2D eigenvalue weighted by atomic mass is 10.0. The average molecular weight is 209 g/mol. The van der Waals surface area contributed by atoms with Crippen LogP contribution in [-0.4, -0.2) is 11.4 Å². The molecule has 0 radical (unpaired) electrons. The zero-order valence-corrected chi connectivity index (χ0v) is 10.3. The van der Waals surface area contributed by atoms with Gasteiger partial charge >= 0.3 is 0 Å². The number of nitrogens with zero attached hydrogens (tertiary/aromatic N) is 1. The Kier molecular flexibility index (Phi) is 7.69. The summed E-state index contributed by atoms with van der Waals surface area (Å²) in [5.74, 6) is 0.736. The molecule has 0 aliphatic carbocycles.